The van der Waals surface area contributed by atoms with E-state index in [4.69, 9.17) is 0 Å². The van der Waals surface area contributed by atoms with Gasteiger partial charge in [-0.05, 0) is 42.4 Å². The lowest BCUT2D eigenvalue weighted by Crippen LogP contribution is -2.44. The van der Waals surface area contributed by atoms with Crippen LogP contribution in [0.1, 0.15) is 36.2 Å². The number of halogens is 3. The molecule has 2 N–H and O–H groups in total. The van der Waals surface area contributed by atoms with Gasteiger partial charge in [-0.2, -0.15) is 0 Å². The third-order valence-corrected chi connectivity index (χ3v) is 7.85. The summed E-state index contributed by atoms with van der Waals surface area (Å²) in [6, 6.07) is 10.1. The summed E-state index contributed by atoms with van der Waals surface area (Å²) in [5.74, 6) is -1.18. The van der Waals surface area contributed by atoms with Gasteiger partial charge in [0.2, 0.25) is 0 Å². The molecule has 1 aliphatic heterocycles. The number of thiazole rings is 1. The fourth-order valence-corrected chi connectivity index (χ4v) is 5.23. The smallest absolute Gasteiger partial charge is 0.321 e. The lowest BCUT2D eigenvalue weighted by molar-refractivity contribution is 0.145. The second kappa shape index (κ2) is 11.3. The molecule has 0 saturated carbocycles. The highest BCUT2D eigenvalue weighted by molar-refractivity contribution is 9.10. The van der Waals surface area contributed by atoms with Crippen molar-refractivity contribution in [2.24, 2.45) is 0 Å². The number of rotatable bonds is 7. The van der Waals surface area contributed by atoms with E-state index in [2.05, 4.69) is 50.3 Å². The van der Waals surface area contributed by atoms with Crippen LogP contribution in [-0.4, -0.2) is 54.0 Å². The Morgan fingerprint density at radius 3 is 2.39 bits per heavy atom. The second-order valence-corrected chi connectivity index (χ2v) is 11.4. The van der Waals surface area contributed by atoms with Gasteiger partial charge in [-0.15, -0.1) is 11.3 Å². The van der Waals surface area contributed by atoms with Crippen LogP contribution >= 0.6 is 27.3 Å². The molecule has 1 aliphatic rings. The summed E-state index contributed by atoms with van der Waals surface area (Å²) in [6.45, 7) is 7.69. The van der Waals surface area contributed by atoms with Crippen molar-refractivity contribution in [3.8, 4) is 0 Å². The fraction of sp³-hybridized carbons (Fsp3) is 0.385. The van der Waals surface area contributed by atoms with Gasteiger partial charge in [-0.1, -0.05) is 41.9 Å². The Morgan fingerprint density at radius 1 is 1.11 bits per heavy atom. The molecule has 4 rings (SSSR count). The van der Waals surface area contributed by atoms with Gasteiger partial charge in [-0.3, -0.25) is 10.2 Å². The van der Waals surface area contributed by atoms with E-state index in [0.717, 1.165) is 41.9 Å². The van der Waals surface area contributed by atoms with Crippen LogP contribution in [0, 0.1) is 11.6 Å². The van der Waals surface area contributed by atoms with Crippen LogP contribution in [0.5, 0.6) is 0 Å². The Kier molecular flexibility index (Phi) is 8.39. The van der Waals surface area contributed by atoms with Crippen LogP contribution in [0.15, 0.2) is 46.3 Å². The molecule has 2 aromatic carbocycles. The molecule has 0 spiro atoms. The number of nitrogens with zero attached hydrogens (tertiary/aromatic N) is 3. The number of piperazine rings is 1. The molecule has 0 radical (unpaired) electrons. The minimum Gasteiger partial charge on any atom is -0.334 e. The van der Waals surface area contributed by atoms with Crippen molar-refractivity contribution < 1.29 is 13.6 Å². The van der Waals surface area contributed by atoms with Gasteiger partial charge in [0.25, 0.3) is 0 Å². The number of carbonyl (C=O) groups excluding carboxylic acids is 1. The number of urea groups is 1. The van der Waals surface area contributed by atoms with Gasteiger partial charge in [0.1, 0.15) is 11.6 Å². The summed E-state index contributed by atoms with van der Waals surface area (Å²) in [4.78, 5) is 21.2. The normalized spacial score (nSPS) is 15.2. The first-order valence-electron chi connectivity index (χ1n) is 11.8. The molecular formula is C26H30BrF2N5OS. The molecule has 6 nitrogen and oxygen atoms in total. The zero-order valence-electron chi connectivity index (χ0n) is 20.6. The zero-order valence-corrected chi connectivity index (χ0v) is 23.0. The molecule has 2 amide bonds. The topological polar surface area (TPSA) is 60.5 Å². The summed E-state index contributed by atoms with van der Waals surface area (Å²) < 4.78 is 30.4. The standard InChI is InChI=1S/C26H30BrF2N5OS/c1-26(2,18-4-6-19(27)7-5-18)23-16-36-25(31-23)32-24(35)30-14-17-12-21(28)20(22(29)13-17)15-34-10-8-33(3)9-11-34/h4-7,12-13,16H,8-11,14-15H2,1-3H3,(H2,30,31,32,35). The quantitative estimate of drug-likeness (QED) is 0.385. The number of benzene rings is 2. The Bertz CT molecular complexity index is 1190. The van der Waals surface area contributed by atoms with E-state index in [1.165, 1.54) is 23.5 Å². The number of nitrogens with one attached hydrogen (secondary N) is 2. The predicted octanol–water partition coefficient (Wildman–Crippen LogP) is 5.58. The maximum absolute atomic E-state index is 14.7. The fourth-order valence-electron chi connectivity index (χ4n) is 4.09. The number of anilines is 1. The number of likely N-dealkylation sites (N-methyl/N-ethyl adjacent to an activating group) is 1. The highest BCUT2D eigenvalue weighted by atomic mass is 79.9. The number of hydrogen-bond acceptors (Lipinski definition) is 5. The van der Waals surface area contributed by atoms with E-state index >= 15 is 0 Å². The van der Waals surface area contributed by atoms with Crippen LogP contribution in [-0.2, 0) is 18.5 Å². The maximum atomic E-state index is 14.7. The molecule has 0 bridgehead atoms. The van der Waals surface area contributed by atoms with Crippen LogP contribution in [0.2, 0.25) is 0 Å². The minimum atomic E-state index is -0.592. The molecule has 1 saturated heterocycles. The monoisotopic (exact) mass is 577 g/mol. The van der Waals surface area contributed by atoms with Gasteiger partial charge in [0.15, 0.2) is 5.13 Å². The maximum Gasteiger partial charge on any atom is 0.321 e. The van der Waals surface area contributed by atoms with Crippen molar-refractivity contribution in [1.29, 1.82) is 0 Å². The molecule has 36 heavy (non-hydrogen) atoms. The average Bonchev–Trinajstić information content (AvgIpc) is 3.31. The molecule has 10 heteroatoms. The highest BCUT2D eigenvalue weighted by Crippen LogP contribution is 2.34. The molecule has 192 valence electrons. The minimum absolute atomic E-state index is 0.00290. The SMILES string of the molecule is CN1CCN(Cc2c(F)cc(CNC(=O)Nc3nc(C(C)(C)c4ccc(Br)cc4)cs3)cc2F)CC1. The van der Waals surface area contributed by atoms with E-state index in [1.54, 1.807) is 0 Å². The van der Waals surface area contributed by atoms with Crippen LogP contribution in [0.3, 0.4) is 0 Å². The van der Waals surface area contributed by atoms with E-state index < -0.39 is 17.7 Å². The molecule has 1 fully saturated rings. The first-order valence-corrected chi connectivity index (χ1v) is 13.4. The number of aromatic nitrogens is 1. The summed E-state index contributed by atoms with van der Waals surface area (Å²) in [7, 11) is 2.04. The van der Waals surface area contributed by atoms with Crippen molar-refractivity contribution in [3.05, 3.63) is 80.3 Å². The lowest BCUT2D eigenvalue weighted by Gasteiger charge is -2.32. The van der Waals surface area contributed by atoms with Gasteiger partial charge < -0.3 is 10.2 Å². The first-order chi connectivity index (χ1) is 17.1. The van der Waals surface area contributed by atoms with Crippen LogP contribution in [0.25, 0.3) is 0 Å². The Hall–Kier alpha value is -2.40. The van der Waals surface area contributed by atoms with Gasteiger partial charge in [-0.25, -0.2) is 18.6 Å². The summed E-state index contributed by atoms with van der Waals surface area (Å²) in [5.41, 5.74) is 2.03. The van der Waals surface area contributed by atoms with Gasteiger partial charge >= 0.3 is 6.03 Å². The van der Waals surface area contributed by atoms with E-state index in [-0.39, 0.29) is 24.1 Å². The van der Waals surface area contributed by atoms with E-state index in [9.17, 15) is 13.6 Å². The zero-order chi connectivity index (χ0) is 25.9. The van der Waals surface area contributed by atoms with Crippen molar-refractivity contribution >= 4 is 38.4 Å². The van der Waals surface area contributed by atoms with E-state index in [1.807, 2.05) is 41.6 Å². The van der Waals surface area contributed by atoms with Crippen molar-refractivity contribution in [2.75, 3.05) is 38.5 Å². The molecule has 2 heterocycles. The summed E-state index contributed by atoms with van der Waals surface area (Å²) in [5, 5.41) is 7.74. The average molecular weight is 579 g/mol. The first kappa shape index (κ1) is 26.7. The molecule has 1 aromatic heterocycles. The summed E-state index contributed by atoms with van der Waals surface area (Å²) >= 11 is 4.78. The molecular weight excluding hydrogens is 548 g/mol. The third-order valence-electron chi connectivity index (χ3n) is 6.56. The number of carbonyl (C=O) groups is 1. The molecule has 0 unspecified atom stereocenters. The molecule has 0 aliphatic carbocycles. The largest absolute Gasteiger partial charge is 0.334 e. The second-order valence-electron chi connectivity index (χ2n) is 9.59. The summed E-state index contributed by atoms with van der Waals surface area (Å²) in [6.07, 6.45) is 0. The van der Waals surface area contributed by atoms with Gasteiger partial charge in [0, 0.05) is 60.1 Å². The Labute approximate surface area is 222 Å². The third kappa shape index (κ3) is 6.47. The number of amides is 2. The molecule has 3 aromatic rings. The highest BCUT2D eigenvalue weighted by Gasteiger charge is 2.26. The number of hydrogen-bond donors (Lipinski definition) is 2. The van der Waals surface area contributed by atoms with Crippen molar-refractivity contribution in [1.82, 2.24) is 20.1 Å². The van der Waals surface area contributed by atoms with Crippen LogP contribution in [0.4, 0.5) is 18.7 Å². The predicted molar refractivity (Wildman–Crippen MR) is 143 cm³/mol. The van der Waals surface area contributed by atoms with E-state index in [0.29, 0.717) is 10.7 Å². The van der Waals surface area contributed by atoms with Crippen molar-refractivity contribution in [3.63, 3.8) is 0 Å². The Balaban J connectivity index is 1.33. The lowest BCUT2D eigenvalue weighted by atomic mass is 9.82. The molecule has 0 atom stereocenters. The Morgan fingerprint density at radius 2 is 1.75 bits per heavy atom. The van der Waals surface area contributed by atoms with Crippen LogP contribution < -0.4 is 10.6 Å². The van der Waals surface area contributed by atoms with Gasteiger partial charge in [0.05, 0.1) is 5.69 Å². The van der Waals surface area contributed by atoms with Crippen molar-refractivity contribution in [2.45, 2.75) is 32.4 Å².